The number of aromatic carboxylic acids is 3. The first-order valence-corrected chi connectivity index (χ1v) is 21.9. The number of anilines is 1. The van der Waals surface area contributed by atoms with Gasteiger partial charge in [0.1, 0.15) is 33.9 Å². The van der Waals surface area contributed by atoms with Crippen molar-refractivity contribution in [1.29, 1.82) is 5.39 Å². The smallest absolute Gasteiger partial charge is 0.385 e. The number of nitrogen functional groups attached to an aromatic ring is 1. The maximum Gasteiger partial charge on any atom is 0.385 e. The number of phenols is 3. The minimum Gasteiger partial charge on any atom is -0.507 e. The van der Waals surface area contributed by atoms with Gasteiger partial charge >= 0.3 is 29.6 Å². The van der Waals surface area contributed by atoms with Crippen molar-refractivity contribution in [3.05, 3.63) is 202 Å². The van der Waals surface area contributed by atoms with Crippen LogP contribution in [0.4, 0.5) is 34.1 Å². The Balaban J connectivity index is 0.000000255. The number of aliphatic hydroxyl groups excluding tert-OH is 3. The molecule has 0 fully saturated rings. The molecular weight excluding hydrogens is 959 g/mol. The van der Waals surface area contributed by atoms with Gasteiger partial charge in [0, 0.05) is 37.6 Å². The summed E-state index contributed by atoms with van der Waals surface area (Å²) in [4.78, 5) is 45.6. The van der Waals surface area contributed by atoms with E-state index < -0.39 is 23.9 Å². The van der Waals surface area contributed by atoms with Crippen molar-refractivity contribution in [3.63, 3.8) is 0 Å². The largest absolute Gasteiger partial charge is 0.507 e. The third kappa shape index (κ3) is 21.4. The number of hydrogen-bond donors (Lipinski definition) is 11. The summed E-state index contributed by atoms with van der Waals surface area (Å²) in [5.74, 6) is -5.36. The van der Waals surface area contributed by atoms with Crippen molar-refractivity contribution in [2.45, 2.75) is 25.7 Å². The van der Waals surface area contributed by atoms with Crippen molar-refractivity contribution in [3.8, 4) is 17.2 Å². The number of diazo groups is 1. The van der Waals surface area contributed by atoms with Crippen LogP contribution in [0.1, 0.15) is 53.3 Å². The fourth-order valence-electron chi connectivity index (χ4n) is 5.79. The van der Waals surface area contributed by atoms with E-state index in [0.717, 1.165) is 22.4 Å². The minimum atomic E-state index is -1.26. The van der Waals surface area contributed by atoms with Gasteiger partial charge in [-0.15, -0.1) is 0 Å². The van der Waals surface area contributed by atoms with Gasteiger partial charge in [0.05, 0.1) is 29.2 Å². The average molecular weight is 1010 g/mol. The van der Waals surface area contributed by atoms with Gasteiger partial charge in [-0.3, -0.25) is 4.79 Å². The van der Waals surface area contributed by atoms with Crippen LogP contribution in [-0.2, 0) is 30.5 Å². The Labute approximate surface area is 423 Å². The highest BCUT2D eigenvalue weighted by molar-refractivity contribution is 5.92. The van der Waals surface area contributed by atoms with E-state index in [2.05, 4.69) is 25.4 Å². The molecule has 0 heterocycles. The van der Waals surface area contributed by atoms with E-state index in [-0.39, 0.29) is 65.9 Å². The summed E-state index contributed by atoms with van der Waals surface area (Å²) < 4.78 is 0. The molecule has 0 saturated heterocycles. The number of benzene rings is 7. The number of hydrogen-bond acceptors (Lipinski definition) is 16. The fraction of sp³-hybridized carbons (Fsp3) is 0.132. The molecule has 12 N–H and O–H groups in total. The second kappa shape index (κ2) is 31.4. The quantitative estimate of drug-likeness (QED) is 0.0258. The van der Waals surface area contributed by atoms with Crippen molar-refractivity contribution < 1.29 is 70.2 Å². The number of carboxylic acid groups (broad SMARTS) is 4. The molecule has 74 heavy (non-hydrogen) atoms. The molecular formula is C53H52N7O14+. The molecule has 21 heteroatoms. The number of aliphatic carboxylic acids is 1. The lowest BCUT2D eigenvalue weighted by atomic mass is 10.1. The lowest BCUT2D eigenvalue weighted by Crippen LogP contribution is -1.99. The monoisotopic (exact) mass is 1010 g/mol. The highest BCUT2D eigenvalue weighted by Crippen LogP contribution is 2.27. The number of rotatable bonds is 15. The highest BCUT2D eigenvalue weighted by atomic mass is 16.4. The SMILES string of the molecule is N#[N+]c1ccc(CCO)cc1.Nc1ccc(CCO)cc1.O=C(O)Cc1ccc(N=Nc2ccc(O)c(C(=O)O)c2)cc1.O=C(O)c1cc(N=Nc2ccc(CCO)cc2)ccc1O.O=C(O)c1ccccc1O. The van der Waals surface area contributed by atoms with Crippen LogP contribution in [-0.4, -0.2) is 94.8 Å². The van der Waals surface area contributed by atoms with E-state index in [1.807, 2.05) is 48.5 Å². The third-order valence-electron chi connectivity index (χ3n) is 9.58. The van der Waals surface area contributed by atoms with E-state index in [4.69, 9.17) is 52.0 Å². The van der Waals surface area contributed by atoms with Crippen LogP contribution >= 0.6 is 0 Å². The average Bonchev–Trinajstić information content (AvgIpc) is 3.38. The number of aromatic hydroxyl groups is 3. The summed E-state index contributed by atoms with van der Waals surface area (Å²) >= 11 is 0. The zero-order valence-electron chi connectivity index (χ0n) is 39.3. The zero-order chi connectivity index (χ0) is 54.4. The molecule has 7 rings (SSSR count). The molecule has 0 aliphatic carbocycles. The number of nitrogens with zero attached hydrogens (tertiary/aromatic N) is 6. The summed E-state index contributed by atoms with van der Waals surface area (Å²) in [5.41, 5.74) is 11.8. The second-order valence-corrected chi connectivity index (χ2v) is 15.1. The maximum atomic E-state index is 10.9. The van der Waals surface area contributed by atoms with Gasteiger partial charge < -0.3 is 56.8 Å². The molecule has 0 atom stereocenters. The molecule has 0 aliphatic heterocycles. The molecule has 0 unspecified atom stereocenters. The molecule has 21 nitrogen and oxygen atoms in total. The predicted octanol–water partition coefficient (Wildman–Crippen LogP) is 9.77. The van der Waals surface area contributed by atoms with Gasteiger partial charge in [0.15, 0.2) is 4.98 Å². The molecule has 0 aromatic heterocycles. The molecule has 0 radical (unpaired) electrons. The predicted molar refractivity (Wildman–Crippen MR) is 272 cm³/mol. The van der Waals surface area contributed by atoms with Crippen LogP contribution in [0, 0.1) is 5.39 Å². The highest BCUT2D eigenvalue weighted by Gasteiger charge is 2.11. The molecule has 0 spiro atoms. The summed E-state index contributed by atoms with van der Waals surface area (Å²) in [7, 11) is 0. The maximum absolute atomic E-state index is 10.9. The molecule has 382 valence electrons. The number of carboxylic acids is 4. The third-order valence-corrected chi connectivity index (χ3v) is 9.58. The van der Waals surface area contributed by atoms with E-state index in [9.17, 15) is 29.4 Å². The van der Waals surface area contributed by atoms with Crippen LogP contribution in [0.15, 0.2) is 178 Å². The Kier molecular flexibility index (Phi) is 24.8. The zero-order valence-corrected chi connectivity index (χ0v) is 39.3. The Bertz CT molecular complexity index is 3020. The van der Waals surface area contributed by atoms with Crippen molar-refractivity contribution in [1.82, 2.24) is 0 Å². The topological polar surface area (TPSA) is 374 Å². The Hall–Kier alpha value is -9.88. The summed E-state index contributed by atoms with van der Waals surface area (Å²) in [6.07, 6.45) is 1.86. The Morgan fingerprint density at radius 2 is 0.770 bits per heavy atom. The van der Waals surface area contributed by atoms with Gasteiger partial charge in [0.25, 0.3) is 0 Å². The molecule has 0 saturated carbocycles. The van der Waals surface area contributed by atoms with Crippen LogP contribution in [0.5, 0.6) is 17.2 Å². The first kappa shape index (κ1) is 58.4. The molecule has 0 aliphatic rings. The van der Waals surface area contributed by atoms with E-state index >= 15 is 0 Å². The van der Waals surface area contributed by atoms with Crippen LogP contribution < -0.4 is 5.73 Å². The van der Waals surface area contributed by atoms with E-state index in [0.29, 0.717) is 47.6 Å². The lowest BCUT2D eigenvalue weighted by molar-refractivity contribution is -0.136. The van der Waals surface area contributed by atoms with Gasteiger partial charge in [-0.1, -0.05) is 60.7 Å². The molecule has 0 bridgehead atoms. The summed E-state index contributed by atoms with van der Waals surface area (Å²) in [6, 6.07) is 41.9. The number of para-hydroxylation sites is 1. The van der Waals surface area contributed by atoms with Crippen molar-refractivity contribution in [2.24, 2.45) is 20.5 Å². The molecule has 7 aromatic carbocycles. The second-order valence-electron chi connectivity index (χ2n) is 15.1. The van der Waals surface area contributed by atoms with Crippen molar-refractivity contribution in [2.75, 3.05) is 25.6 Å². The minimum absolute atomic E-state index is 0.0671. The lowest BCUT2D eigenvalue weighted by Gasteiger charge is -2.00. The van der Waals surface area contributed by atoms with Gasteiger partial charge in [-0.25, -0.2) is 14.4 Å². The first-order chi connectivity index (χ1) is 35.5. The Morgan fingerprint density at radius 3 is 1.12 bits per heavy atom. The summed E-state index contributed by atoms with van der Waals surface area (Å²) in [5, 5.41) is 113. The van der Waals surface area contributed by atoms with E-state index in [1.165, 1.54) is 48.5 Å². The van der Waals surface area contributed by atoms with Gasteiger partial charge in [-0.05, 0) is 126 Å². The molecule has 7 aromatic rings. The fourth-order valence-corrected chi connectivity index (χ4v) is 5.79. The van der Waals surface area contributed by atoms with Crippen LogP contribution in [0.25, 0.3) is 4.98 Å². The molecule has 0 amide bonds. The number of azo groups is 2. The summed E-state index contributed by atoms with van der Waals surface area (Å²) in [6.45, 7) is 0.436. The normalized spacial score (nSPS) is 10.2. The first-order valence-electron chi connectivity index (χ1n) is 21.9. The van der Waals surface area contributed by atoms with E-state index in [1.54, 1.807) is 60.7 Å². The number of aliphatic hydroxyl groups is 3. The van der Waals surface area contributed by atoms with Crippen molar-refractivity contribution >= 4 is 58.0 Å². The number of nitrogens with two attached hydrogens (primary N) is 1. The Morgan fingerprint density at radius 1 is 0.432 bits per heavy atom. The number of carbonyl (C=O) groups is 4. The van der Waals surface area contributed by atoms with Crippen LogP contribution in [0.3, 0.4) is 0 Å². The standard InChI is InChI=1S/C15H12N2O5.C15H14N2O4.C8H9N2O.C8H11NO.C7H6O3/c18-13-6-5-11(8-12(13)15(21)22)17-16-10-3-1-9(2-4-10)7-14(19)20;18-8-7-10-1-3-11(4-2-10)16-17-12-5-6-14(19)13(9-12)15(20)21;9-10-8-3-1-7(2-4-8)5-6-11;9-8-3-1-7(2-4-8)5-6-10;8-6-4-2-1-3-5(6)7(9)10/h1-6,8,18H,7H2,(H,19,20)(H,21,22);1-6,9,18-19H,7-8H2,(H,20,21);1-4,11H,5-6H2;1-4,10H,5-6,9H2;1-4,8H,(H,9,10)/q;;+1;;. The van der Waals surface area contributed by atoms with Gasteiger partial charge in [0.2, 0.25) is 5.39 Å². The van der Waals surface area contributed by atoms with Gasteiger partial charge in [-0.2, -0.15) is 20.5 Å². The van der Waals surface area contributed by atoms with Crippen LogP contribution in [0.2, 0.25) is 0 Å².